The summed E-state index contributed by atoms with van der Waals surface area (Å²) in [5.74, 6) is 0.995. The van der Waals surface area contributed by atoms with E-state index in [2.05, 4.69) is 10.2 Å². The number of aromatic nitrogens is 3. The lowest BCUT2D eigenvalue weighted by atomic mass is 9.85. The van der Waals surface area contributed by atoms with Gasteiger partial charge in [0.25, 0.3) is 0 Å². The van der Waals surface area contributed by atoms with Crippen LogP contribution in [0.5, 0.6) is 0 Å². The van der Waals surface area contributed by atoms with Gasteiger partial charge in [0, 0.05) is 18.9 Å². The number of hydrogen-bond donors (Lipinski definition) is 2. The van der Waals surface area contributed by atoms with Crippen LogP contribution < -0.4 is 0 Å². The molecule has 94 valence electrons. The van der Waals surface area contributed by atoms with Gasteiger partial charge < -0.3 is 14.8 Å². The number of aliphatic carboxylic acids is 1. The Morgan fingerprint density at radius 3 is 2.76 bits per heavy atom. The summed E-state index contributed by atoms with van der Waals surface area (Å²) < 4.78 is 1.93. The highest BCUT2D eigenvalue weighted by atomic mass is 16.4. The fourth-order valence-corrected chi connectivity index (χ4v) is 2.02. The van der Waals surface area contributed by atoms with E-state index in [9.17, 15) is 9.90 Å². The van der Waals surface area contributed by atoms with E-state index in [1.165, 1.54) is 6.42 Å². The van der Waals surface area contributed by atoms with Crippen LogP contribution in [-0.4, -0.2) is 37.1 Å². The molecule has 17 heavy (non-hydrogen) atoms. The highest BCUT2D eigenvalue weighted by Gasteiger charge is 2.26. The molecule has 1 aliphatic carbocycles. The van der Waals surface area contributed by atoms with E-state index >= 15 is 0 Å². The molecule has 0 bridgehead atoms. The second kappa shape index (κ2) is 4.83. The largest absolute Gasteiger partial charge is 0.479 e. The lowest BCUT2D eigenvalue weighted by Crippen LogP contribution is -2.23. The van der Waals surface area contributed by atoms with Crippen LogP contribution in [0.1, 0.15) is 43.3 Å². The zero-order valence-electron chi connectivity index (χ0n) is 9.83. The third kappa shape index (κ3) is 2.46. The van der Waals surface area contributed by atoms with E-state index in [1.54, 1.807) is 0 Å². The molecule has 0 radical (unpaired) electrons. The molecule has 0 aromatic carbocycles. The maximum Gasteiger partial charge on any atom is 0.332 e. The number of aliphatic hydroxyl groups excluding tert-OH is 1. The first-order chi connectivity index (χ1) is 8.09. The monoisotopic (exact) mass is 239 g/mol. The topological polar surface area (TPSA) is 88.2 Å². The second-order valence-corrected chi connectivity index (χ2v) is 4.53. The van der Waals surface area contributed by atoms with E-state index in [0.29, 0.717) is 12.5 Å². The minimum atomic E-state index is -1.31. The predicted molar refractivity (Wildman–Crippen MR) is 59.6 cm³/mol. The smallest absolute Gasteiger partial charge is 0.332 e. The standard InChI is InChI=1S/C11H17N3O3/c1-7-12-13-10(8-3-2-4-8)14(7)6-5-9(15)11(16)17/h8-9,15H,2-6H2,1H3,(H,16,17). The van der Waals surface area contributed by atoms with Crippen LogP contribution in [0.4, 0.5) is 0 Å². The van der Waals surface area contributed by atoms with Gasteiger partial charge in [-0.25, -0.2) is 4.79 Å². The SMILES string of the molecule is Cc1nnc(C2CCC2)n1CCC(O)C(=O)O. The van der Waals surface area contributed by atoms with Crippen molar-refractivity contribution in [1.82, 2.24) is 14.8 Å². The Kier molecular flexibility index (Phi) is 3.42. The van der Waals surface area contributed by atoms with E-state index in [0.717, 1.165) is 24.5 Å². The summed E-state index contributed by atoms with van der Waals surface area (Å²) in [4.78, 5) is 10.5. The van der Waals surface area contributed by atoms with E-state index in [-0.39, 0.29) is 6.42 Å². The van der Waals surface area contributed by atoms with Gasteiger partial charge in [-0.1, -0.05) is 6.42 Å². The van der Waals surface area contributed by atoms with Crippen molar-refractivity contribution < 1.29 is 15.0 Å². The third-order valence-electron chi connectivity index (χ3n) is 3.35. The Balaban J connectivity index is 2.03. The fourth-order valence-electron chi connectivity index (χ4n) is 2.02. The van der Waals surface area contributed by atoms with Gasteiger partial charge in [0.2, 0.25) is 0 Å². The predicted octanol–water partition coefficient (Wildman–Crippen LogP) is 0.690. The van der Waals surface area contributed by atoms with Gasteiger partial charge in [-0.2, -0.15) is 0 Å². The van der Waals surface area contributed by atoms with E-state index in [1.807, 2.05) is 11.5 Å². The zero-order chi connectivity index (χ0) is 12.4. The van der Waals surface area contributed by atoms with Gasteiger partial charge in [-0.3, -0.25) is 0 Å². The quantitative estimate of drug-likeness (QED) is 0.789. The molecule has 2 N–H and O–H groups in total. The van der Waals surface area contributed by atoms with Gasteiger partial charge >= 0.3 is 5.97 Å². The molecule has 0 aliphatic heterocycles. The van der Waals surface area contributed by atoms with Crippen molar-refractivity contribution in [2.24, 2.45) is 0 Å². The molecule has 1 aromatic rings. The molecule has 6 heteroatoms. The van der Waals surface area contributed by atoms with Crippen molar-refractivity contribution >= 4 is 5.97 Å². The number of hydrogen-bond acceptors (Lipinski definition) is 4. The fraction of sp³-hybridized carbons (Fsp3) is 0.727. The Morgan fingerprint density at radius 1 is 1.53 bits per heavy atom. The molecule has 1 atom stereocenters. The Bertz CT molecular complexity index is 412. The average molecular weight is 239 g/mol. The van der Waals surface area contributed by atoms with Crippen molar-refractivity contribution in [2.45, 2.75) is 51.2 Å². The molecule has 1 saturated carbocycles. The molecule has 1 unspecified atom stereocenters. The summed E-state index contributed by atoms with van der Waals surface area (Å²) in [6.07, 6.45) is 2.34. The number of carboxylic acids is 1. The molecular weight excluding hydrogens is 222 g/mol. The van der Waals surface area contributed by atoms with Crippen molar-refractivity contribution in [2.75, 3.05) is 0 Å². The molecule has 6 nitrogen and oxygen atoms in total. The minimum absolute atomic E-state index is 0.188. The van der Waals surface area contributed by atoms with E-state index in [4.69, 9.17) is 5.11 Å². The van der Waals surface area contributed by atoms with Crippen molar-refractivity contribution in [3.63, 3.8) is 0 Å². The van der Waals surface area contributed by atoms with Crippen LogP contribution in [0.25, 0.3) is 0 Å². The lowest BCUT2D eigenvalue weighted by Gasteiger charge is -2.25. The summed E-state index contributed by atoms with van der Waals surface area (Å²) in [6, 6.07) is 0. The van der Waals surface area contributed by atoms with Gasteiger partial charge in [-0.05, 0) is 19.8 Å². The molecule has 0 saturated heterocycles. The molecule has 1 aliphatic rings. The van der Waals surface area contributed by atoms with Crippen molar-refractivity contribution in [1.29, 1.82) is 0 Å². The van der Waals surface area contributed by atoms with Gasteiger partial charge in [0.15, 0.2) is 6.10 Å². The molecule has 1 heterocycles. The van der Waals surface area contributed by atoms with Crippen LogP contribution in [0.15, 0.2) is 0 Å². The number of rotatable bonds is 5. The number of aliphatic hydroxyl groups is 1. The Labute approximate surface area is 99.3 Å². The number of carboxylic acid groups (broad SMARTS) is 1. The number of carbonyl (C=O) groups is 1. The van der Waals surface area contributed by atoms with Crippen molar-refractivity contribution in [3.8, 4) is 0 Å². The zero-order valence-corrected chi connectivity index (χ0v) is 9.83. The molecule has 0 amide bonds. The first kappa shape index (κ1) is 12.0. The number of aryl methyl sites for hydroxylation is 1. The van der Waals surface area contributed by atoms with E-state index < -0.39 is 12.1 Å². The first-order valence-electron chi connectivity index (χ1n) is 5.90. The summed E-state index contributed by atoms with van der Waals surface area (Å²) >= 11 is 0. The third-order valence-corrected chi connectivity index (χ3v) is 3.35. The lowest BCUT2D eigenvalue weighted by molar-refractivity contribution is -0.147. The first-order valence-corrected chi connectivity index (χ1v) is 5.90. The normalized spacial score (nSPS) is 17.8. The highest BCUT2D eigenvalue weighted by molar-refractivity contribution is 5.71. The van der Waals surface area contributed by atoms with Crippen LogP contribution in [0, 0.1) is 6.92 Å². The maximum atomic E-state index is 10.5. The van der Waals surface area contributed by atoms with Gasteiger partial charge in [0.1, 0.15) is 11.6 Å². The van der Waals surface area contributed by atoms with Crippen LogP contribution >= 0.6 is 0 Å². The summed E-state index contributed by atoms with van der Waals surface area (Å²) in [5.41, 5.74) is 0. The molecule has 1 aromatic heterocycles. The van der Waals surface area contributed by atoms with Crippen molar-refractivity contribution in [3.05, 3.63) is 11.6 Å². The minimum Gasteiger partial charge on any atom is -0.479 e. The summed E-state index contributed by atoms with van der Waals surface area (Å²) in [7, 11) is 0. The molecule has 2 rings (SSSR count). The summed E-state index contributed by atoms with van der Waals surface area (Å²) in [5, 5.41) is 26.1. The Hall–Kier alpha value is -1.43. The van der Waals surface area contributed by atoms with Crippen LogP contribution in [0.2, 0.25) is 0 Å². The Morgan fingerprint density at radius 2 is 2.24 bits per heavy atom. The van der Waals surface area contributed by atoms with Crippen LogP contribution in [0.3, 0.4) is 0 Å². The van der Waals surface area contributed by atoms with Gasteiger partial charge in [-0.15, -0.1) is 10.2 Å². The second-order valence-electron chi connectivity index (χ2n) is 4.53. The molecular formula is C11H17N3O3. The number of nitrogens with zero attached hydrogens (tertiary/aromatic N) is 3. The molecule has 1 fully saturated rings. The highest BCUT2D eigenvalue weighted by Crippen LogP contribution is 2.35. The van der Waals surface area contributed by atoms with Crippen LogP contribution in [-0.2, 0) is 11.3 Å². The maximum absolute atomic E-state index is 10.5. The molecule has 0 spiro atoms. The summed E-state index contributed by atoms with van der Waals surface area (Å²) in [6.45, 7) is 2.31. The average Bonchev–Trinajstić information content (AvgIpc) is 2.54. The van der Waals surface area contributed by atoms with Gasteiger partial charge in [0.05, 0.1) is 0 Å².